The second-order valence-corrected chi connectivity index (χ2v) is 9.36. The lowest BCUT2D eigenvalue weighted by Gasteiger charge is -2.28. The predicted molar refractivity (Wildman–Crippen MR) is 116 cm³/mol. The van der Waals surface area contributed by atoms with Crippen molar-refractivity contribution in [1.29, 1.82) is 5.26 Å². The molecule has 3 heterocycles. The molecule has 2 aromatic heterocycles. The van der Waals surface area contributed by atoms with Crippen LogP contribution in [0.5, 0.6) is 0 Å². The number of nitrogens with one attached hydrogen (secondary N) is 1. The third-order valence-electron chi connectivity index (χ3n) is 5.41. The number of pyridine rings is 1. The van der Waals surface area contributed by atoms with Crippen LogP contribution in [0.15, 0.2) is 59.8 Å². The lowest BCUT2D eigenvalue weighted by molar-refractivity contribution is -0.130. The quantitative estimate of drug-likeness (QED) is 0.662. The van der Waals surface area contributed by atoms with Gasteiger partial charge in [-0.3, -0.25) is 4.79 Å². The number of carbonyl (C=O) groups excluding carboxylic acids is 1. The van der Waals surface area contributed by atoms with E-state index in [-0.39, 0.29) is 17.3 Å². The van der Waals surface area contributed by atoms with Crippen LogP contribution >= 0.6 is 0 Å². The van der Waals surface area contributed by atoms with Gasteiger partial charge in [0.1, 0.15) is 5.65 Å². The maximum Gasteiger partial charge on any atom is 0.243 e. The fourth-order valence-electron chi connectivity index (χ4n) is 3.62. The Morgan fingerprint density at radius 2 is 2.06 bits per heavy atom. The molecule has 0 radical (unpaired) electrons. The molecule has 1 N–H and O–H groups in total. The zero-order chi connectivity index (χ0) is 22.0. The molecule has 1 aliphatic rings. The van der Waals surface area contributed by atoms with Crippen LogP contribution in [0.4, 0.5) is 0 Å². The highest BCUT2D eigenvalue weighted by atomic mass is 32.2. The first-order chi connectivity index (χ1) is 14.9. The third-order valence-corrected chi connectivity index (χ3v) is 7.23. The molecule has 1 aromatic carbocycles. The van der Waals surface area contributed by atoms with Crippen LogP contribution in [0.25, 0.3) is 16.6 Å². The summed E-state index contributed by atoms with van der Waals surface area (Å²) >= 11 is 0. The lowest BCUT2D eigenvalue weighted by atomic mass is 9.99. The van der Waals surface area contributed by atoms with E-state index in [4.69, 9.17) is 5.26 Å². The number of amides is 1. The van der Waals surface area contributed by atoms with Gasteiger partial charge in [-0.05, 0) is 48.4 Å². The van der Waals surface area contributed by atoms with Crippen molar-refractivity contribution in [2.75, 3.05) is 26.7 Å². The van der Waals surface area contributed by atoms with Gasteiger partial charge in [-0.15, -0.1) is 0 Å². The normalized spacial score (nSPS) is 14.5. The molecule has 0 saturated heterocycles. The van der Waals surface area contributed by atoms with Crippen LogP contribution in [-0.2, 0) is 14.8 Å². The van der Waals surface area contributed by atoms with E-state index in [9.17, 15) is 13.2 Å². The Morgan fingerprint density at radius 1 is 1.29 bits per heavy atom. The van der Waals surface area contributed by atoms with E-state index in [1.165, 1.54) is 31.3 Å². The summed E-state index contributed by atoms with van der Waals surface area (Å²) in [5.41, 5.74) is 3.42. The van der Waals surface area contributed by atoms with Crippen molar-refractivity contribution in [3.8, 4) is 6.07 Å². The van der Waals surface area contributed by atoms with E-state index >= 15 is 0 Å². The summed E-state index contributed by atoms with van der Waals surface area (Å²) in [6, 6.07) is 11.5. The van der Waals surface area contributed by atoms with Gasteiger partial charge < -0.3 is 9.88 Å². The SMILES string of the molecule is CN(CC(=O)N1CC=C(c2c[nH]c3ncccc23)CC1)S(=O)(=O)c1ccc(C#N)cc1. The summed E-state index contributed by atoms with van der Waals surface area (Å²) in [4.78, 5) is 21.9. The van der Waals surface area contributed by atoms with Gasteiger partial charge in [0.25, 0.3) is 0 Å². The minimum Gasteiger partial charge on any atom is -0.346 e. The Labute approximate surface area is 180 Å². The molecule has 1 aliphatic heterocycles. The first-order valence-electron chi connectivity index (χ1n) is 9.76. The highest BCUT2D eigenvalue weighted by Crippen LogP contribution is 2.28. The highest BCUT2D eigenvalue weighted by Gasteiger charge is 2.26. The Bertz CT molecular complexity index is 1300. The van der Waals surface area contributed by atoms with Crippen molar-refractivity contribution in [3.05, 3.63) is 66.0 Å². The largest absolute Gasteiger partial charge is 0.346 e. The maximum absolute atomic E-state index is 12.7. The number of nitriles is 1. The summed E-state index contributed by atoms with van der Waals surface area (Å²) in [5, 5.41) is 9.91. The van der Waals surface area contributed by atoms with Crippen LogP contribution in [0.2, 0.25) is 0 Å². The number of H-pyrrole nitrogens is 1. The molecule has 1 amide bonds. The van der Waals surface area contributed by atoms with Crippen LogP contribution in [0, 0.1) is 11.3 Å². The number of nitrogens with zero attached hydrogens (tertiary/aromatic N) is 4. The number of fused-ring (bicyclic) bond motifs is 1. The van der Waals surface area contributed by atoms with Gasteiger partial charge in [-0.1, -0.05) is 6.08 Å². The molecule has 8 nitrogen and oxygen atoms in total. The average molecular weight is 436 g/mol. The summed E-state index contributed by atoms with van der Waals surface area (Å²) in [5.74, 6) is -0.254. The van der Waals surface area contributed by atoms with Crippen molar-refractivity contribution in [1.82, 2.24) is 19.2 Å². The minimum absolute atomic E-state index is 0.0515. The number of hydrogen-bond acceptors (Lipinski definition) is 5. The maximum atomic E-state index is 12.7. The van der Waals surface area contributed by atoms with E-state index in [1.807, 2.05) is 30.5 Å². The van der Waals surface area contributed by atoms with E-state index in [2.05, 4.69) is 9.97 Å². The van der Waals surface area contributed by atoms with Gasteiger partial charge in [0.05, 0.1) is 23.1 Å². The van der Waals surface area contributed by atoms with E-state index < -0.39 is 10.0 Å². The number of likely N-dealkylation sites (N-methyl/N-ethyl adjacent to an activating group) is 1. The molecule has 0 saturated carbocycles. The number of rotatable bonds is 5. The van der Waals surface area contributed by atoms with Gasteiger partial charge in [0.15, 0.2) is 0 Å². The van der Waals surface area contributed by atoms with Crippen molar-refractivity contribution >= 4 is 32.5 Å². The molecule has 0 spiro atoms. The predicted octanol–water partition coefficient (Wildman–Crippen LogP) is 2.37. The minimum atomic E-state index is -3.82. The zero-order valence-electron chi connectivity index (χ0n) is 16.9. The molecule has 0 atom stereocenters. The van der Waals surface area contributed by atoms with Crippen molar-refractivity contribution in [2.24, 2.45) is 0 Å². The summed E-state index contributed by atoms with van der Waals surface area (Å²) in [6.45, 7) is 0.691. The molecule has 0 bridgehead atoms. The molecular formula is C22H21N5O3S. The second-order valence-electron chi connectivity index (χ2n) is 7.32. The number of aromatic nitrogens is 2. The van der Waals surface area contributed by atoms with Crippen LogP contribution < -0.4 is 0 Å². The molecule has 9 heteroatoms. The van der Waals surface area contributed by atoms with Gasteiger partial charge >= 0.3 is 0 Å². The number of benzene rings is 1. The Morgan fingerprint density at radius 3 is 2.74 bits per heavy atom. The standard InChI is InChI=1S/C22H21N5O3S/c1-26(31(29,30)18-6-4-16(13-23)5-7-18)15-21(28)27-11-8-17(9-12-27)20-14-25-22-19(20)3-2-10-24-22/h2-8,10,14H,9,11-12,15H2,1H3,(H,24,25). The van der Waals surface area contributed by atoms with Gasteiger partial charge in [-0.25, -0.2) is 13.4 Å². The van der Waals surface area contributed by atoms with Gasteiger partial charge in [-0.2, -0.15) is 9.57 Å². The molecule has 31 heavy (non-hydrogen) atoms. The van der Waals surface area contributed by atoms with Gasteiger partial charge in [0.2, 0.25) is 15.9 Å². The molecular weight excluding hydrogens is 414 g/mol. The molecule has 0 unspecified atom stereocenters. The summed E-state index contributed by atoms with van der Waals surface area (Å²) in [7, 11) is -2.43. The van der Waals surface area contributed by atoms with Crippen molar-refractivity contribution < 1.29 is 13.2 Å². The monoisotopic (exact) mass is 435 g/mol. The van der Waals surface area contributed by atoms with E-state index in [0.29, 0.717) is 25.1 Å². The number of carbonyl (C=O) groups is 1. The summed E-state index contributed by atoms with van der Waals surface area (Å²) < 4.78 is 26.5. The van der Waals surface area contributed by atoms with Crippen LogP contribution in [-0.4, -0.2) is 60.2 Å². The number of aromatic amines is 1. The number of hydrogen-bond donors (Lipinski definition) is 1. The first-order valence-corrected chi connectivity index (χ1v) is 11.2. The molecule has 4 rings (SSSR count). The average Bonchev–Trinajstić information content (AvgIpc) is 3.23. The van der Waals surface area contributed by atoms with Gasteiger partial charge in [0, 0.05) is 43.5 Å². The lowest BCUT2D eigenvalue weighted by Crippen LogP contribution is -2.42. The topological polar surface area (TPSA) is 110 Å². The Balaban J connectivity index is 1.43. The van der Waals surface area contributed by atoms with E-state index in [1.54, 1.807) is 11.1 Å². The third kappa shape index (κ3) is 4.08. The molecule has 3 aromatic rings. The molecule has 0 fully saturated rings. The second kappa shape index (κ2) is 8.34. The van der Waals surface area contributed by atoms with Crippen LogP contribution in [0.3, 0.4) is 0 Å². The highest BCUT2D eigenvalue weighted by molar-refractivity contribution is 7.89. The van der Waals surface area contributed by atoms with Crippen molar-refractivity contribution in [3.63, 3.8) is 0 Å². The molecule has 0 aliphatic carbocycles. The van der Waals surface area contributed by atoms with Crippen molar-refractivity contribution in [2.45, 2.75) is 11.3 Å². The smallest absolute Gasteiger partial charge is 0.243 e. The Kier molecular flexibility index (Phi) is 5.59. The van der Waals surface area contributed by atoms with Crippen LogP contribution in [0.1, 0.15) is 17.5 Å². The fraction of sp³-hybridized carbons (Fsp3) is 0.227. The number of sulfonamides is 1. The Hall–Kier alpha value is -3.48. The zero-order valence-corrected chi connectivity index (χ0v) is 17.8. The fourth-order valence-corrected chi connectivity index (χ4v) is 4.74. The molecule has 158 valence electrons. The first kappa shape index (κ1) is 20.8. The van der Waals surface area contributed by atoms with E-state index in [0.717, 1.165) is 26.5 Å². The summed E-state index contributed by atoms with van der Waals surface area (Å²) in [6.07, 6.45) is 6.35.